The number of hydrogen-bond donors (Lipinski definition) is 4. The third-order valence-electron chi connectivity index (χ3n) is 4.41. The standard InChI is InChI=1S/C17H20N2O6/c1-17(2)12(13(17)16(24)25)15(23)19-10-5-3-9(4-6-10)14(22)18-8-7-11(20)21/h3-6,12-13H,7-8H2,1-2H3,(H,18,22)(H,19,23)(H,20,21)(H,24,25)/t12-,13+/m1/s1. The zero-order chi connectivity index (χ0) is 18.8. The Balaban J connectivity index is 1.92. The van der Waals surface area contributed by atoms with E-state index in [9.17, 15) is 19.2 Å². The lowest BCUT2D eigenvalue weighted by Crippen LogP contribution is -2.26. The van der Waals surface area contributed by atoms with Crippen molar-refractivity contribution in [1.82, 2.24) is 5.32 Å². The van der Waals surface area contributed by atoms with Crippen molar-refractivity contribution in [1.29, 1.82) is 0 Å². The molecule has 1 aromatic carbocycles. The van der Waals surface area contributed by atoms with Gasteiger partial charge in [0.15, 0.2) is 0 Å². The Morgan fingerprint density at radius 3 is 2.12 bits per heavy atom. The topological polar surface area (TPSA) is 133 Å². The normalized spacial score (nSPS) is 20.4. The van der Waals surface area contributed by atoms with Crippen molar-refractivity contribution in [3.8, 4) is 0 Å². The van der Waals surface area contributed by atoms with Crippen molar-refractivity contribution in [2.24, 2.45) is 17.3 Å². The fraction of sp³-hybridized carbons (Fsp3) is 0.412. The predicted molar refractivity (Wildman–Crippen MR) is 88.1 cm³/mol. The van der Waals surface area contributed by atoms with Crippen LogP contribution in [-0.4, -0.2) is 40.5 Å². The van der Waals surface area contributed by atoms with Crippen molar-refractivity contribution in [3.05, 3.63) is 29.8 Å². The number of carboxylic acids is 2. The molecule has 0 bridgehead atoms. The van der Waals surface area contributed by atoms with Crippen molar-refractivity contribution in [2.45, 2.75) is 20.3 Å². The Bertz CT molecular complexity index is 710. The van der Waals surface area contributed by atoms with Crippen LogP contribution in [0.4, 0.5) is 5.69 Å². The van der Waals surface area contributed by atoms with Crippen LogP contribution in [0, 0.1) is 17.3 Å². The maximum Gasteiger partial charge on any atom is 0.307 e. The molecule has 25 heavy (non-hydrogen) atoms. The largest absolute Gasteiger partial charge is 0.481 e. The molecule has 0 unspecified atom stereocenters. The van der Waals surface area contributed by atoms with Crippen molar-refractivity contribution in [2.75, 3.05) is 11.9 Å². The summed E-state index contributed by atoms with van der Waals surface area (Å²) in [6.45, 7) is 3.50. The van der Waals surface area contributed by atoms with E-state index in [4.69, 9.17) is 10.2 Å². The maximum absolute atomic E-state index is 12.2. The van der Waals surface area contributed by atoms with Gasteiger partial charge in [-0.2, -0.15) is 0 Å². The van der Waals surface area contributed by atoms with Crippen LogP contribution in [0.2, 0.25) is 0 Å². The minimum atomic E-state index is -0.999. The van der Waals surface area contributed by atoms with Gasteiger partial charge < -0.3 is 20.8 Å². The summed E-state index contributed by atoms with van der Waals surface area (Å²) < 4.78 is 0. The number of carbonyl (C=O) groups excluding carboxylic acids is 2. The van der Waals surface area contributed by atoms with E-state index in [2.05, 4.69) is 10.6 Å². The summed E-state index contributed by atoms with van der Waals surface area (Å²) in [5.74, 6) is -4.06. The fourth-order valence-electron chi connectivity index (χ4n) is 2.90. The third-order valence-corrected chi connectivity index (χ3v) is 4.41. The molecule has 2 amide bonds. The van der Waals surface area contributed by atoms with Crippen LogP contribution in [-0.2, 0) is 14.4 Å². The number of hydrogen-bond acceptors (Lipinski definition) is 4. The molecule has 0 saturated heterocycles. The average Bonchev–Trinajstić information content (AvgIpc) is 3.10. The molecule has 1 aliphatic carbocycles. The molecule has 0 radical (unpaired) electrons. The molecule has 1 fully saturated rings. The number of rotatable bonds is 7. The van der Waals surface area contributed by atoms with E-state index < -0.39 is 35.1 Å². The first-order valence-electron chi connectivity index (χ1n) is 7.78. The minimum absolute atomic E-state index is 0.0278. The van der Waals surface area contributed by atoms with Crippen molar-refractivity contribution < 1.29 is 29.4 Å². The van der Waals surface area contributed by atoms with E-state index in [1.807, 2.05) is 0 Å². The van der Waals surface area contributed by atoms with Crippen molar-refractivity contribution >= 4 is 29.4 Å². The number of nitrogens with one attached hydrogen (secondary N) is 2. The second-order valence-electron chi connectivity index (χ2n) is 6.58. The molecule has 1 aliphatic rings. The summed E-state index contributed by atoms with van der Waals surface area (Å²) in [4.78, 5) is 45.6. The number of anilines is 1. The molecule has 8 heteroatoms. The number of benzene rings is 1. The van der Waals surface area contributed by atoms with Crippen molar-refractivity contribution in [3.63, 3.8) is 0 Å². The molecular formula is C17H20N2O6. The van der Waals surface area contributed by atoms with Gasteiger partial charge in [-0.1, -0.05) is 13.8 Å². The van der Waals surface area contributed by atoms with E-state index in [0.29, 0.717) is 11.3 Å². The molecule has 8 nitrogen and oxygen atoms in total. The monoisotopic (exact) mass is 348 g/mol. The summed E-state index contributed by atoms with van der Waals surface area (Å²) in [5.41, 5.74) is 0.206. The zero-order valence-corrected chi connectivity index (χ0v) is 13.9. The lowest BCUT2D eigenvalue weighted by atomic mass is 10.1. The average molecular weight is 348 g/mol. The van der Waals surface area contributed by atoms with Gasteiger partial charge in [-0.05, 0) is 29.7 Å². The van der Waals surface area contributed by atoms with E-state index in [1.54, 1.807) is 13.8 Å². The van der Waals surface area contributed by atoms with Gasteiger partial charge in [0.2, 0.25) is 5.91 Å². The Morgan fingerprint density at radius 1 is 1.04 bits per heavy atom. The van der Waals surface area contributed by atoms with Crippen LogP contribution in [0.15, 0.2) is 24.3 Å². The SMILES string of the molecule is CC1(C)[C@H](C(=O)O)[C@@H]1C(=O)Nc1ccc(C(=O)NCCC(=O)O)cc1. The summed E-state index contributed by atoms with van der Waals surface area (Å²) in [6, 6.07) is 6.07. The molecule has 1 saturated carbocycles. The van der Waals surface area contributed by atoms with Gasteiger partial charge in [0.25, 0.3) is 5.91 Å². The Kier molecular flexibility index (Phi) is 5.10. The number of carboxylic acid groups (broad SMARTS) is 2. The van der Waals surface area contributed by atoms with Crippen LogP contribution >= 0.6 is 0 Å². The highest BCUT2D eigenvalue weighted by molar-refractivity contribution is 6.00. The molecule has 0 aromatic heterocycles. The summed E-state index contributed by atoms with van der Waals surface area (Å²) >= 11 is 0. The van der Waals surface area contributed by atoms with Gasteiger partial charge in [0.1, 0.15) is 0 Å². The van der Waals surface area contributed by atoms with Crippen LogP contribution in [0.5, 0.6) is 0 Å². The summed E-state index contributed by atoms with van der Waals surface area (Å²) in [7, 11) is 0. The highest BCUT2D eigenvalue weighted by atomic mass is 16.4. The highest BCUT2D eigenvalue weighted by Gasteiger charge is 2.65. The third kappa shape index (κ3) is 4.14. The Hall–Kier alpha value is -2.90. The number of amides is 2. The molecular weight excluding hydrogens is 328 g/mol. The molecule has 134 valence electrons. The second kappa shape index (κ2) is 6.92. The minimum Gasteiger partial charge on any atom is -0.481 e. The van der Waals surface area contributed by atoms with Gasteiger partial charge in [-0.15, -0.1) is 0 Å². The molecule has 4 N–H and O–H groups in total. The van der Waals surface area contributed by atoms with Crippen LogP contribution in [0.25, 0.3) is 0 Å². The smallest absolute Gasteiger partial charge is 0.307 e. The number of aliphatic carboxylic acids is 2. The second-order valence-corrected chi connectivity index (χ2v) is 6.58. The Labute approximate surface area is 144 Å². The molecule has 2 rings (SSSR count). The van der Waals surface area contributed by atoms with Crippen LogP contribution in [0.3, 0.4) is 0 Å². The summed E-state index contributed by atoms with van der Waals surface area (Å²) in [5, 5.41) is 22.8. The van der Waals surface area contributed by atoms with E-state index >= 15 is 0 Å². The van der Waals surface area contributed by atoms with Crippen LogP contribution < -0.4 is 10.6 Å². The first kappa shape index (κ1) is 18.4. The van der Waals surface area contributed by atoms with Gasteiger partial charge >= 0.3 is 11.9 Å². The first-order valence-corrected chi connectivity index (χ1v) is 7.78. The fourth-order valence-corrected chi connectivity index (χ4v) is 2.90. The molecule has 2 atom stereocenters. The number of carbonyl (C=O) groups is 4. The van der Waals surface area contributed by atoms with Gasteiger partial charge in [0.05, 0.1) is 18.3 Å². The molecule has 0 aliphatic heterocycles. The van der Waals surface area contributed by atoms with Gasteiger partial charge in [0, 0.05) is 17.8 Å². The van der Waals surface area contributed by atoms with E-state index in [0.717, 1.165) is 0 Å². The molecule has 0 spiro atoms. The summed E-state index contributed by atoms with van der Waals surface area (Å²) in [6.07, 6.45) is -0.165. The quantitative estimate of drug-likeness (QED) is 0.585. The highest BCUT2D eigenvalue weighted by Crippen LogP contribution is 2.58. The molecule has 1 aromatic rings. The van der Waals surface area contributed by atoms with Gasteiger partial charge in [-0.3, -0.25) is 19.2 Å². The molecule has 0 heterocycles. The zero-order valence-electron chi connectivity index (χ0n) is 13.9. The van der Waals surface area contributed by atoms with E-state index in [1.165, 1.54) is 24.3 Å². The van der Waals surface area contributed by atoms with Crippen LogP contribution in [0.1, 0.15) is 30.6 Å². The maximum atomic E-state index is 12.2. The lowest BCUT2D eigenvalue weighted by molar-refractivity contribution is -0.140. The van der Waals surface area contributed by atoms with Gasteiger partial charge in [-0.25, -0.2) is 0 Å². The first-order chi connectivity index (χ1) is 11.6. The Morgan fingerprint density at radius 2 is 1.64 bits per heavy atom. The predicted octanol–water partition coefficient (Wildman–Crippen LogP) is 1.19. The van der Waals surface area contributed by atoms with E-state index in [-0.39, 0.29) is 18.9 Å². The lowest BCUT2D eigenvalue weighted by Gasteiger charge is -2.08.